The highest BCUT2D eigenvalue weighted by atomic mass is 32.2. The highest BCUT2D eigenvalue weighted by Crippen LogP contribution is 2.41. The van der Waals surface area contributed by atoms with Gasteiger partial charge in [-0.2, -0.15) is 0 Å². The zero-order valence-electron chi connectivity index (χ0n) is 12.3. The van der Waals surface area contributed by atoms with E-state index in [1.54, 1.807) is 34.9 Å². The van der Waals surface area contributed by atoms with Crippen molar-refractivity contribution >= 4 is 23.6 Å². The standard InChI is InChI=1S/C15H20N2O3S/c1-10-6-12(10)14(18)17-9-21-8-13(17)15(19)16(2)7-11-4-3-5-20-11/h3-5,10,12-13H,6-9H2,1-2H3/t10-,12+,13+/m1/s1. The van der Waals surface area contributed by atoms with Crippen LogP contribution in [0.25, 0.3) is 0 Å². The minimum absolute atomic E-state index is 0.00180. The lowest BCUT2D eigenvalue weighted by Crippen LogP contribution is -2.48. The van der Waals surface area contributed by atoms with Gasteiger partial charge in [-0.25, -0.2) is 0 Å². The average molecular weight is 308 g/mol. The van der Waals surface area contributed by atoms with Gasteiger partial charge in [0.2, 0.25) is 11.8 Å². The molecule has 0 aromatic carbocycles. The van der Waals surface area contributed by atoms with Gasteiger partial charge in [0, 0.05) is 18.7 Å². The van der Waals surface area contributed by atoms with E-state index in [1.807, 2.05) is 12.1 Å². The van der Waals surface area contributed by atoms with Gasteiger partial charge in [0.05, 0.1) is 18.7 Å². The Labute approximate surface area is 128 Å². The summed E-state index contributed by atoms with van der Waals surface area (Å²) in [6.07, 6.45) is 2.56. The monoisotopic (exact) mass is 308 g/mol. The Balaban J connectivity index is 1.63. The summed E-state index contributed by atoms with van der Waals surface area (Å²) < 4.78 is 5.27. The number of hydrogen-bond acceptors (Lipinski definition) is 4. The first kappa shape index (κ1) is 14.5. The molecule has 1 aromatic rings. The van der Waals surface area contributed by atoms with Crippen LogP contribution in [0.4, 0.5) is 0 Å². The molecule has 6 heteroatoms. The third kappa shape index (κ3) is 2.95. The van der Waals surface area contributed by atoms with Gasteiger partial charge >= 0.3 is 0 Å². The third-order valence-electron chi connectivity index (χ3n) is 4.23. The lowest BCUT2D eigenvalue weighted by Gasteiger charge is -2.27. The van der Waals surface area contributed by atoms with Gasteiger partial charge in [0.1, 0.15) is 11.8 Å². The van der Waals surface area contributed by atoms with Crippen LogP contribution < -0.4 is 0 Å². The smallest absolute Gasteiger partial charge is 0.246 e. The van der Waals surface area contributed by atoms with Crippen LogP contribution in [0.15, 0.2) is 22.8 Å². The van der Waals surface area contributed by atoms with Crippen molar-refractivity contribution in [1.82, 2.24) is 9.80 Å². The van der Waals surface area contributed by atoms with E-state index in [9.17, 15) is 9.59 Å². The molecular weight excluding hydrogens is 288 g/mol. The summed E-state index contributed by atoms with van der Waals surface area (Å²) >= 11 is 1.65. The second-order valence-electron chi connectivity index (χ2n) is 5.92. The number of hydrogen-bond donors (Lipinski definition) is 0. The van der Waals surface area contributed by atoms with Crippen molar-refractivity contribution in [3.8, 4) is 0 Å². The van der Waals surface area contributed by atoms with Crippen molar-refractivity contribution < 1.29 is 14.0 Å². The Morgan fingerprint density at radius 3 is 2.90 bits per heavy atom. The Morgan fingerprint density at radius 1 is 1.52 bits per heavy atom. The maximum absolute atomic E-state index is 12.6. The molecule has 0 bridgehead atoms. The quantitative estimate of drug-likeness (QED) is 0.851. The van der Waals surface area contributed by atoms with Gasteiger partial charge < -0.3 is 14.2 Å². The van der Waals surface area contributed by atoms with Crippen molar-refractivity contribution in [2.45, 2.75) is 25.9 Å². The highest BCUT2D eigenvalue weighted by Gasteiger charge is 2.46. The number of furan rings is 1. The Bertz CT molecular complexity index is 531. The molecule has 2 amide bonds. The van der Waals surface area contributed by atoms with Gasteiger partial charge in [-0.1, -0.05) is 6.92 Å². The highest BCUT2D eigenvalue weighted by molar-refractivity contribution is 7.99. The molecule has 0 radical (unpaired) electrons. The average Bonchev–Trinajstić information content (AvgIpc) is 2.90. The topological polar surface area (TPSA) is 53.8 Å². The van der Waals surface area contributed by atoms with E-state index in [1.165, 1.54) is 0 Å². The molecule has 0 unspecified atom stereocenters. The fourth-order valence-corrected chi connectivity index (χ4v) is 3.87. The molecular formula is C15H20N2O3S. The molecule has 3 atom stereocenters. The van der Waals surface area contributed by atoms with Crippen molar-refractivity contribution in [3.05, 3.63) is 24.2 Å². The first-order chi connectivity index (χ1) is 10.1. The van der Waals surface area contributed by atoms with Crippen molar-refractivity contribution in [2.24, 2.45) is 11.8 Å². The van der Waals surface area contributed by atoms with E-state index >= 15 is 0 Å². The SMILES string of the molecule is C[C@@H]1C[C@@H]1C(=O)N1CSC[C@H]1C(=O)N(C)Cc1ccco1. The van der Waals surface area contributed by atoms with Crippen molar-refractivity contribution in [3.63, 3.8) is 0 Å². The molecule has 1 aliphatic heterocycles. The second kappa shape index (κ2) is 5.75. The summed E-state index contributed by atoms with van der Waals surface area (Å²) in [5, 5.41) is 0. The maximum Gasteiger partial charge on any atom is 0.246 e. The summed E-state index contributed by atoms with van der Waals surface area (Å²) in [6.45, 7) is 2.53. The molecule has 5 nitrogen and oxygen atoms in total. The number of nitrogens with zero attached hydrogens (tertiary/aromatic N) is 2. The number of rotatable bonds is 4. The van der Waals surface area contributed by atoms with Crippen LogP contribution in [0.3, 0.4) is 0 Å². The van der Waals surface area contributed by atoms with Gasteiger partial charge in [-0.05, 0) is 24.5 Å². The number of amides is 2. The van der Waals surface area contributed by atoms with Crippen LogP contribution in [-0.2, 0) is 16.1 Å². The zero-order chi connectivity index (χ0) is 15.0. The Hall–Kier alpha value is -1.43. The minimum Gasteiger partial charge on any atom is -0.467 e. The molecule has 21 heavy (non-hydrogen) atoms. The van der Waals surface area contributed by atoms with Crippen LogP contribution in [0.1, 0.15) is 19.1 Å². The molecule has 3 rings (SSSR count). The lowest BCUT2D eigenvalue weighted by atomic mass is 10.2. The summed E-state index contributed by atoms with van der Waals surface area (Å²) in [5.41, 5.74) is 0. The van der Waals surface area contributed by atoms with Gasteiger partial charge in [-0.3, -0.25) is 9.59 Å². The summed E-state index contributed by atoms with van der Waals surface area (Å²) in [6, 6.07) is 3.33. The van der Waals surface area contributed by atoms with Crippen LogP contribution in [0.2, 0.25) is 0 Å². The largest absolute Gasteiger partial charge is 0.467 e. The van der Waals surface area contributed by atoms with Crippen LogP contribution >= 0.6 is 11.8 Å². The van der Waals surface area contributed by atoms with E-state index in [-0.39, 0.29) is 23.8 Å². The fraction of sp³-hybridized carbons (Fsp3) is 0.600. The molecule has 2 aliphatic rings. The molecule has 0 spiro atoms. The van der Waals surface area contributed by atoms with Crippen molar-refractivity contribution in [1.29, 1.82) is 0 Å². The van der Waals surface area contributed by atoms with Gasteiger partial charge in [0.15, 0.2) is 0 Å². The summed E-state index contributed by atoms with van der Waals surface area (Å²) in [5.74, 6) is 2.83. The predicted octanol–water partition coefficient (Wildman–Crippen LogP) is 1.80. The number of carbonyl (C=O) groups excluding carboxylic acids is 2. The molecule has 1 saturated heterocycles. The van der Waals surface area contributed by atoms with Crippen LogP contribution in [-0.4, -0.2) is 46.3 Å². The molecule has 114 valence electrons. The van der Waals surface area contributed by atoms with E-state index < -0.39 is 0 Å². The third-order valence-corrected chi connectivity index (χ3v) is 5.24. The minimum atomic E-state index is -0.324. The molecule has 1 aliphatic carbocycles. The van der Waals surface area contributed by atoms with E-state index in [2.05, 4.69) is 6.92 Å². The lowest BCUT2D eigenvalue weighted by molar-refractivity contribution is -0.143. The molecule has 1 saturated carbocycles. The first-order valence-electron chi connectivity index (χ1n) is 7.23. The second-order valence-corrected chi connectivity index (χ2v) is 6.92. The van der Waals surface area contributed by atoms with Crippen LogP contribution in [0, 0.1) is 11.8 Å². The fourth-order valence-electron chi connectivity index (χ4n) is 2.71. The number of likely N-dealkylation sites (N-methyl/N-ethyl adjacent to an activating group) is 1. The number of carbonyl (C=O) groups is 2. The van der Waals surface area contributed by atoms with E-state index in [0.29, 0.717) is 24.1 Å². The Kier molecular flexibility index (Phi) is 3.97. The van der Waals surface area contributed by atoms with Gasteiger partial charge in [0.25, 0.3) is 0 Å². The van der Waals surface area contributed by atoms with E-state index in [4.69, 9.17) is 4.42 Å². The number of thioether (sulfide) groups is 1. The summed E-state index contributed by atoms with van der Waals surface area (Å²) in [7, 11) is 1.76. The molecule has 2 heterocycles. The maximum atomic E-state index is 12.6. The van der Waals surface area contributed by atoms with Crippen LogP contribution in [0.5, 0.6) is 0 Å². The summed E-state index contributed by atoms with van der Waals surface area (Å²) in [4.78, 5) is 28.4. The molecule has 2 fully saturated rings. The zero-order valence-corrected chi connectivity index (χ0v) is 13.1. The van der Waals surface area contributed by atoms with Crippen molar-refractivity contribution in [2.75, 3.05) is 18.7 Å². The normalized spacial score (nSPS) is 27.7. The Morgan fingerprint density at radius 2 is 2.29 bits per heavy atom. The van der Waals surface area contributed by atoms with Gasteiger partial charge in [-0.15, -0.1) is 11.8 Å². The molecule has 0 N–H and O–H groups in total. The molecule has 1 aromatic heterocycles. The van der Waals surface area contributed by atoms with E-state index in [0.717, 1.165) is 12.2 Å². The first-order valence-corrected chi connectivity index (χ1v) is 8.39. The predicted molar refractivity (Wildman–Crippen MR) is 80.4 cm³/mol.